The average Bonchev–Trinajstić information content (AvgIpc) is 2.86. The van der Waals surface area contributed by atoms with E-state index in [0.29, 0.717) is 0 Å². The highest BCUT2D eigenvalue weighted by Crippen LogP contribution is 2.44. The summed E-state index contributed by atoms with van der Waals surface area (Å²) in [4.78, 5) is 6.02. The van der Waals surface area contributed by atoms with E-state index in [-0.39, 0.29) is 12.0 Å². The molecule has 0 spiro atoms. The van der Waals surface area contributed by atoms with Crippen LogP contribution in [0.2, 0.25) is 0 Å². The largest absolute Gasteiger partial charge is 0.395 e. The number of nitrogens with zero attached hydrogens (tertiary/aromatic N) is 1. The van der Waals surface area contributed by atoms with Gasteiger partial charge in [0.1, 0.15) is 5.01 Å². The SMILES string of the molecule is Cc1ccsc1-c1nc(C2(CO)CCC2)cs1. The number of aromatic nitrogens is 1. The monoisotopic (exact) mass is 265 g/mol. The van der Waals surface area contributed by atoms with Crippen LogP contribution in [0.15, 0.2) is 16.8 Å². The fourth-order valence-electron chi connectivity index (χ4n) is 2.31. The number of aryl methyl sites for hydroxylation is 1. The van der Waals surface area contributed by atoms with Gasteiger partial charge in [0, 0.05) is 10.8 Å². The summed E-state index contributed by atoms with van der Waals surface area (Å²) in [7, 11) is 0. The molecule has 0 saturated heterocycles. The second kappa shape index (κ2) is 4.19. The number of hydrogen-bond donors (Lipinski definition) is 1. The first-order valence-corrected chi connectivity index (χ1v) is 7.62. The zero-order chi connectivity index (χ0) is 11.9. The summed E-state index contributed by atoms with van der Waals surface area (Å²) in [6.45, 7) is 2.36. The Morgan fingerprint density at radius 3 is 2.76 bits per heavy atom. The van der Waals surface area contributed by atoms with Gasteiger partial charge in [-0.25, -0.2) is 4.98 Å². The Hall–Kier alpha value is -0.710. The number of thiophene rings is 1. The summed E-state index contributed by atoms with van der Waals surface area (Å²) in [5, 5.41) is 14.9. The minimum Gasteiger partial charge on any atom is -0.395 e. The maximum absolute atomic E-state index is 9.55. The highest BCUT2D eigenvalue weighted by atomic mass is 32.1. The Balaban J connectivity index is 1.96. The normalized spacial score (nSPS) is 18.0. The van der Waals surface area contributed by atoms with Crippen LogP contribution < -0.4 is 0 Å². The molecule has 0 bridgehead atoms. The van der Waals surface area contributed by atoms with Crippen LogP contribution in [0.3, 0.4) is 0 Å². The Bertz CT molecular complexity index is 520. The fraction of sp³-hybridized carbons (Fsp3) is 0.462. The third-order valence-electron chi connectivity index (χ3n) is 3.72. The molecule has 3 rings (SSSR count). The third-order valence-corrected chi connectivity index (χ3v) is 5.73. The molecule has 1 fully saturated rings. The average molecular weight is 265 g/mol. The van der Waals surface area contributed by atoms with E-state index < -0.39 is 0 Å². The molecular weight excluding hydrogens is 250 g/mol. The Labute approximate surface area is 109 Å². The predicted octanol–water partition coefficient (Wildman–Crippen LogP) is 3.59. The van der Waals surface area contributed by atoms with Crippen molar-refractivity contribution in [2.24, 2.45) is 0 Å². The van der Waals surface area contributed by atoms with Crippen LogP contribution in [0.5, 0.6) is 0 Å². The van der Waals surface area contributed by atoms with Crippen molar-refractivity contribution in [3.63, 3.8) is 0 Å². The third kappa shape index (κ3) is 1.75. The fourth-order valence-corrected chi connectivity index (χ4v) is 4.35. The van der Waals surface area contributed by atoms with Gasteiger partial charge in [0.05, 0.1) is 17.2 Å². The van der Waals surface area contributed by atoms with Gasteiger partial charge in [0.15, 0.2) is 0 Å². The molecule has 2 aromatic heterocycles. The summed E-state index contributed by atoms with van der Waals surface area (Å²) in [6, 6.07) is 2.13. The van der Waals surface area contributed by atoms with E-state index in [9.17, 15) is 5.11 Å². The summed E-state index contributed by atoms with van der Waals surface area (Å²) < 4.78 is 0. The van der Waals surface area contributed by atoms with Crippen molar-refractivity contribution < 1.29 is 5.11 Å². The van der Waals surface area contributed by atoms with Gasteiger partial charge in [-0.05, 0) is 36.8 Å². The molecule has 17 heavy (non-hydrogen) atoms. The van der Waals surface area contributed by atoms with Crippen molar-refractivity contribution in [3.8, 4) is 9.88 Å². The highest BCUT2D eigenvalue weighted by molar-refractivity contribution is 7.20. The van der Waals surface area contributed by atoms with E-state index in [1.807, 2.05) is 0 Å². The molecule has 1 aliphatic rings. The molecule has 1 aliphatic carbocycles. The number of aliphatic hydroxyl groups excluding tert-OH is 1. The first-order valence-electron chi connectivity index (χ1n) is 5.86. The Morgan fingerprint density at radius 2 is 2.24 bits per heavy atom. The minimum absolute atomic E-state index is 0.0279. The predicted molar refractivity (Wildman–Crippen MR) is 72.8 cm³/mol. The van der Waals surface area contributed by atoms with Crippen LogP contribution in [0.25, 0.3) is 9.88 Å². The molecular formula is C13H15NOS2. The summed E-state index contributed by atoms with van der Waals surface area (Å²) in [6.07, 6.45) is 3.37. The lowest BCUT2D eigenvalue weighted by Crippen LogP contribution is -2.38. The van der Waals surface area contributed by atoms with E-state index in [1.54, 1.807) is 22.7 Å². The van der Waals surface area contributed by atoms with Crippen LogP contribution in [-0.2, 0) is 5.41 Å². The Kier molecular flexibility index (Phi) is 2.81. The number of aliphatic hydroxyl groups is 1. The van der Waals surface area contributed by atoms with Crippen LogP contribution in [0.1, 0.15) is 30.5 Å². The second-order valence-corrected chi connectivity index (χ2v) is 6.54. The van der Waals surface area contributed by atoms with Crippen LogP contribution >= 0.6 is 22.7 Å². The molecule has 0 amide bonds. The van der Waals surface area contributed by atoms with Crippen molar-refractivity contribution in [1.82, 2.24) is 4.98 Å². The van der Waals surface area contributed by atoms with E-state index in [1.165, 1.54) is 16.9 Å². The molecule has 1 N–H and O–H groups in total. The molecule has 1 saturated carbocycles. The molecule has 4 heteroatoms. The summed E-state index contributed by atoms with van der Waals surface area (Å²) >= 11 is 3.45. The zero-order valence-electron chi connectivity index (χ0n) is 9.77. The lowest BCUT2D eigenvalue weighted by molar-refractivity contribution is 0.117. The number of rotatable bonds is 3. The maximum atomic E-state index is 9.55. The first-order chi connectivity index (χ1) is 8.25. The molecule has 0 aromatic carbocycles. The van der Waals surface area contributed by atoms with Crippen LogP contribution in [-0.4, -0.2) is 16.7 Å². The molecule has 0 unspecified atom stereocenters. The molecule has 0 radical (unpaired) electrons. The van der Waals surface area contributed by atoms with E-state index in [2.05, 4.69) is 23.8 Å². The molecule has 0 aliphatic heterocycles. The van der Waals surface area contributed by atoms with E-state index >= 15 is 0 Å². The van der Waals surface area contributed by atoms with Crippen molar-refractivity contribution in [2.45, 2.75) is 31.6 Å². The standard InChI is InChI=1S/C13H15NOS2/c1-9-3-6-16-11(9)12-14-10(7-17-12)13(8-15)4-2-5-13/h3,6-7,15H,2,4-5,8H2,1H3. The molecule has 90 valence electrons. The van der Waals surface area contributed by atoms with Crippen molar-refractivity contribution in [1.29, 1.82) is 0 Å². The van der Waals surface area contributed by atoms with Gasteiger partial charge in [-0.1, -0.05) is 6.42 Å². The quantitative estimate of drug-likeness (QED) is 0.920. The Morgan fingerprint density at radius 1 is 1.41 bits per heavy atom. The van der Waals surface area contributed by atoms with Gasteiger partial charge in [0.2, 0.25) is 0 Å². The van der Waals surface area contributed by atoms with Gasteiger partial charge in [0.25, 0.3) is 0 Å². The molecule has 2 heterocycles. The first kappa shape index (κ1) is 11.4. The highest BCUT2D eigenvalue weighted by Gasteiger charge is 2.40. The van der Waals surface area contributed by atoms with Crippen LogP contribution in [0.4, 0.5) is 0 Å². The topological polar surface area (TPSA) is 33.1 Å². The number of hydrogen-bond acceptors (Lipinski definition) is 4. The van der Waals surface area contributed by atoms with E-state index in [0.717, 1.165) is 23.5 Å². The lowest BCUT2D eigenvalue weighted by Gasteiger charge is -2.38. The van der Waals surface area contributed by atoms with E-state index in [4.69, 9.17) is 4.98 Å². The summed E-state index contributed by atoms with van der Waals surface area (Å²) in [5.41, 5.74) is 2.36. The van der Waals surface area contributed by atoms with Crippen molar-refractivity contribution >= 4 is 22.7 Å². The zero-order valence-corrected chi connectivity index (χ0v) is 11.4. The molecule has 0 atom stereocenters. The smallest absolute Gasteiger partial charge is 0.133 e. The van der Waals surface area contributed by atoms with Gasteiger partial charge < -0.3 is 5.11 Å². The summed E-state index contributed by atoms with van der Waals surface area (Å²) in [5.74, 6) is 0. The van der Waals surface area contributed by atoms with Crippen molar-refractivity contribution in [2.75, 3.05) is 6.61 Å². The van der Waals surface area contributed by atoms with Gasteiger partial charge in [-0.15, -0.1) is 22.7 Å². The molecule has 2 nitrogen and oxygen atoms in total. The lowest BCUT2D eigenvalue weighted by atomic mass is 9.67. The minimum atomic E-state index is -0.0279. The van der Waals surface area contributed by atoms with Crippen LogP contribution in [0, 0.1) is 6.92 Å². The van der Waals surface area contributed by atoms with Crippen molar-refractivity contribution in [3.05, 3.63) is 28.1 Å². The van der Waals surface area contributed by atoms with Gasteiger partial charge in [-0.3, -0.25) is 0 Å². The van der Waals surface area contributed by atoms with Gasteiger partial charge >= 0.3 is 0 Å². The second-order valence-electron chi connectivity index (χ2n) is 4.76. The maximum Gasteiger partial charge on any atom is 0.133 e. The number of thiazole rings is 1. The molecule has 2 aromatic rings. The van der Waals surface area contributed by atoms with Gasteiger partial charge in [-0.2, -0.15) is 0 Å².